The number of carbonyl (C=O) groups excluding carboxylic acids is 1. The first-order chi connectivity index (χ1) is 19.0. The van der Waals surface area contributed by atoms with Gasteiger partial charge in [-0.15, -0.1) is 0 Å². The molecule has 2 aromatic carbocycles. The number of hydrogen-bond donors (Lipinski definition) is 3. The molecule has 2 aliphatic carbocycles. The molecule has 9 heteroatoms. The molecule has 2 aliphatic rings. The van der Waals surface area contributed by atoms with Gasteiger partial charge in [0, 0.05) is 44.1 Å². The minimum Gasteiger partial charge on any atom is -0.465 e. The highest BCUT2D eigenvalue weighted by Gasteiger charge is 2.55. The summed E-state index contributed by atoms with van der Waals surface area (Å²) in [4.78, 5) is 30.0. The van der Waals surface area contributed by atoms with E-state index in [-0.39, 0.29) is 30.7 Å². The molecule has 1 aromatic heterocycles. The number of anilines is 1. The van der Waals surface area contributed by atoms with Crippen LogP contribution in [0, 0.1) is 5.92 Å². The van der Waals surface area contributed by atoms with Gasteiger partial charge in [-0.1, -0.05) is 54.6 Å². The number of pyridine rings is 1. The lowest BCUT2D eigenvalue weighted by Crippen LogP contribution is -2.55. The van der Waals surface area contributed by atoms with Gasteiger partial charge in [0.2, 0.25) is 5.91 Å². The Morgan fingerprint density at radius 2 is 1.62 bits per heavy atom. The van der Waals surface area contributed by atoms with E-state index < -0.39 is 17.6 Å². The van der Waals surface area contributed by atoms with Crippen molar-refractivity contribution in [3.63, 3.8) is 0 Å². The van der Waals surface area contributed by atoms with Crippen LogP contribution in [0.15, 0.2) is 66.9 Å². The molecule has 0 aliphatic heterocycles. The molecule has 1 heterocycles. The standard InChI is InChI=1S/C31H34F2N4O3/c1-37(29(39)40)24-13-7-20(8-14-24)15-28(38)36-27-16-25(21-5-3-2-4-6-21)26(17-35-27)22-9-11-23(12-10-22)30(34)18-31(32,33)19-30/h2-6,9-12,16-17,20,24H,7-8,13-15,18-19,34H2,1H3,(H,39,40)(H,35,36,38). The normalized spacial score (nSPS) is 21.2. The van der Waals surface area contributed by atoms with Crippen LogP contribution in [0.2, 0.25) is 0 Å². The fraction of sp³-hybridized carbons (Fsp3) is 0.387. The first kappa shape index (κ1) is 27.7. The number of aromatic nitrogens is 1. The Morgan fingerprint density at radius 1 is 1.00 bits per heavy atom. The van der Waals surface area contributed by atoms with Gasteiger partial charge in [0.1, 0.15) is 5.82 Å². The zero-order valence-electron chi connectivity index (χ0n) is 22.4. The molecule has 0 radical (unpaired) electrons. The van der Waals surface area contributed by atoms with E-state index in [1.807, 2.05) is 48.5 Å². The van der Waals surface area contributed by atoms with E-state index in [4.69, 9.17) is 5.73 Å². The lowest BCUT2D eigenvalue weighted by Gasteiger charge is -2.44. The van der Waals surface area contributed by atoms with Gasteiger partial charge in [0.05, 0.1) is 5.54 Å². The first-order valence-corrected chi connectivity index (χ1v) is 13.6. The van der Waals surface area contributed by atoms with Crippen LogP contribution in [-0.2, 0) is 10.3 Å². The molecule has 7 nitrogen and oxygen atoms in total. The van der Waals surface area contributed by atoms with Crippen molar-refractivity contribution in [2.24, 2.45) is 11.7 Å². The van der Waals surface area contributed by atoms with Crippen LogP contribution in [-0.4, -0.2) is 46.0 Å². The molecule has 5 rings (SSSR count). The monoisotopic (exact) mass is 548 g/mol. The fourth-order valence-electron chi connectivity index (χ4n) is 6.02. The van der Waals surface area contributed by atoms with Crippen molar-refractivity contribution in [1.82, 2.24) is 9.88 Å². The number of carbonyl (C=O) groups is 2. The Kier molecular flexibility index (Phi) is 7.59. The number of nitrogens with two attached hydrogens (primary N) is 1. The van der Waals surface area contributed by atoms with Crippen molar-refractivity contribution >= 4 is 17.8 Å². The van der Waals surface area contributed by atoms with E-state index in [9.17, 15) is 23.5 Å². The van der Waals surface area contributed by atoms with Gasteiger partial charge in [-0.3, -0.25) is 4.79 Å². The lowest BCUT2D eigenvalue weighted by molar-refractivity contribution is -0.125. The number of nitrogens with zero attached hydrogens (tertiary/aromatic N) is 2. The molecule has 0 spiro atoms. The highest BCUT2D eigenvalue weighted by Crippen LogP contribution is 2.50. The number of rotatable bonds is 7. The molecule has 2 saturated carbocycles. The van der Waals surface area contributed by atoms with Crippen molar-refractivity contribution in [1.29, 1.82) is 0 Å². The second-order valence-electron chi connectivity index (χ2n) is 11.2. The van der Waals surface area contributed by atoms with Gasteiger partial charge in [-0.2, -0.15) is 0 Å². The Labute approximate surface area is 232 Å². The number of halogens is 2. The van der Waals surface area contributed by atoms with Gasteiger partial charge in [0.15, 0.2) is 0 Å². The van der Waals surface area contributed by atoms with Gasteiger partial charge in [-0.05, 0) is 59.9 Å². The van der Waals surface area contributed by atoms with Gasteiger partial charge < -0.3 is 21.1 Å². The van der Waals surface area contributed by atoms with Crippen molar-refractivity contribution in [2.75, 3.05) is 12.4 Å². The number of alkyl halides is 2. The lowest BCUT2D eigenvalue weighted by atomic mass is 9.69. The van der Waals surface area contributed by atoms with E-state index >= 15 is 0 Å². The predicted molar refractivity (Wildman–Crippen MR) is 150 cm³/mol. The first-order valence-electron chi connectivity index (χ1n) is 13.6. The van der Waals surface area contributed by atoms with Crippen molar-refractivity contribution in [3.8, 4) is 22.3 Å². The van der Waals surface area contributed by atoms with E-state index in [1.165, 1.54) is 4.90 Å². The Balaban J connectivity index is 1.30. The maximum atomic E-state index is 13.5. The SMILES string of the molecule is CN(C(=O)O)C1CCC(CC(=O)Nc2cc(-c3ccccc3)c(-c3ccc(C4(N)CC(F)(F)C4)cc3)cn2)CC1. The largest absolute Gasteiger partial charge is 0.465 e. The summed E-state index contributed by atoms with van der Waals surface area (Å²) in [7, 11) is 1.60. The van der Waals surface area contributed by atoms with E-state index in [0.29, 0.717) is 17.8 Å². The van der Waals surface area contributed by atoms with Crippen LogP contribution >= 0.6 is 0 Å². The average Bonchev–Trinajstić information content (AvgIpc) is 2.92. The molecule has 0 saturated heterocycles. The average molecular weight is 549 g/mol. The molecule has 0 atom stereocenters. The Hall–Kier alpha value is -3.85. The topological polar surface area (TPSA) is 109 Å². The van der Waals surface area contributed by atoms with E-state index in [0.717, 1.165) is 47.9 Å². The number of amides is 2. The van der Waals surface area contributed by atoms with Crippen LogP contribution in [0.5, 0.6) is 0 Å². The van der Waals surface area contributed by atoms with E-state index in [2.05, 4.69) is 10.3 Å². The summed E-state index contributed by atoms with van der Waals surface area (Å²) in [5.41, 5.74) is 9.44. The number of hydrogen-bond acceptors (Lipinski definition) is 4. The predicted octanol–water partition coefficient (Wildman–Crippen LogP) is 6.50. The fourth-order valence-corrected chi connectivity index (χ4v) is 6.02. The molecule has 3 aromatic rings. The smallest absolute Gasteiger partial charge is 0.407 e. The van der Waals surface area contributed by atoms with Crippen molar-refractivity contribution in [3.05, 3.63) is 72.4 Å². The van der Waals surface area contributed by atoms with E-state index in [1.54, 1.807) is 25.4 Å². The van der Waals surface area contributed by atoms with Crippen molar-refractivity contribution < 1.29 is 23.5 Å². The summed E-state index contributed by atoms with van der Waals surface area (Å²) < 4.78 is 27.0. The van der Waals surface area contributed by atoms with Gasteiger partial charge >= 0.3 is 6.09 Å². The quantitative estimate of drug-likeness (QED) is 0.313. The summed E-state index contributed by atoms with van der Waals surface area (Å²) in [6.07, 6.45) is 3.54. The van der Waals surface area contributed by atoms with Crippen LogP contribution in [0.4, 0.5) is 19.4 Å². The van der Waals surface area contributed by atoms with Crippen LogP contribution < -0.4 is 11.1 Å². The Bertz CT molecular complexity index is 1370. The van der Waals surface area contributed by atoms with Crippen molar-refractivity contribution in [2.45, 2.75) is 62.4 Å². The third-order valence-corrected chi connectivity index (χ3v) is 8.32. The molecule has 210 valence electrons. The maximum absolute atomic E-state index is 13.5. The summed E-state index contributed by atoms with van der Waals surface area (Å²) in [5, 5.41) is 12.1. The minimum absolute atomic E-state index is 0.00133. The number of benzene rings is 2. The second kappa shape index (κ2) is 11.0. The molecular formula is C31H34F2N4O3. The van der Waals surface area contributed by atoms with Crippen LogP contribution in [0.3, 0.4) is 0 Å². The minimum atomic E-state index is -2.71. The highest BCUT2D eigenvalue weighted by molar-refractivity contribution is 5.92. The summed E-state index contributed by atoms with van der Waals surface area (Å²) in [6, 6.07) is 19.0. The third-order valence-electron chi connectivity index (χ3n) is 8.32. The third kappa shape index (κ3) is 5.99. The van der Waals surface area contributed by atoms with Crippen LogP contribution in [0.1, 0.15) is 50.5 Å². The summed E-state index contributed by atoms with van der Waals surface area (Å²) in [6.45, 7) is 0. The molecule has 4 N–H and O–H groups in total. The molecule has 0 unspecified atom stereocenters. The molecule has 40 heavy (non-hydrogen) atoms. The molecule has 0 bridgehead atoms. The zero-order valence-corrected chi connectivity index (χ0v) is 22.4. The summed E-state index contributed by atoms with van der Waals surface area (Å²) in [5.74, 6) is -2.19. The maximum Gasteiger partial charge on any atom is 0.407 e. The zero-order chi connectivity index (χ0) is 28.5. The molecule has 2 amide bonds. The van der Waals surface area contributed by atoms with Gasteiger partial charge in [-0.25, -0.2) is 18.6 Å². The van der Waals surface area contributed by atoms with Crippen LogP contribution in [0.25, 0.3) is 22.3 Å². The molecule has 2 fully saturated rings. The second-order valence-corrected chi connectivity index (χ2v) is 11.2. The number of carboxylic acid groups (broad SMARTS) is 1. The highest BCUT2D eigenvalue weighted by atomic mass is 19.3. The number of nitrogens with one attached hydrogen (secondary N) is 1. The summed E-state index contributed by atoms with van der Waals surface area (Å²) >= 11 is 0. The Morgan fingerprint density at radius 3 is 2.23 bits per heavy atom. The van der Waals surface area contributed by atoms with Gasteiger partial charge in [0.25, 0.3) is 5.92 Å². The molecular weight excluding hydrogens is 514 g/mol.